The highest BCUT2D eigenvalue weighted by molar-refractivity contribution is 5.85. The summed E-state index contributed by atoms with van der Waals surface area (Å²) in [5.41, 5.74) is 3.80. The third kappa shape index (κ3) is 3.90. The Hall–Kier alpha value is -1.33. The van der Waals surface area contributed by atoms with E-state index in [9.17, 15) is 0 Å². The fourth-order valence-corrected chi connectivity index (χ4v) is 2.62. The summed E-state index contributed by atoms with van der Waals surface area (Å²) in [5.74, 6) is 0.714. The molecule has 1 N–H and O–H groups in total. The molecular weight excluding hydrogens is 298 g/mol. The summed E-state index contributed by atoms with van der Waals surface area (Å²) < 4.78 is 4.12. The summed E-state index contributed by atoms with van der Waals surface area (Å²) in [6.45, 7) is 9.11. The number of rotatable bonds is 7. The van der Waals surface area contributed by atoms with E-state index in [1.165, 1.54) is 29.8 Å². The molecule has 2 aromatic heterocycles. The molecule has 0 aromatic carbocycles. The zero-order valence-electron chi connectivity index (χ0n) is 13.6. The first kappa shape index (κ1) is 17.0. The van der Waals surface area contributed by atoms with E-state index in [2.05, 4.69) is 48.1 Å². The van der Waals surface area contributed by atoms with E-state index in [1.54, 1.807) is 0 Å². The van der Waals surface area contributed by atoms with Gasteiger partial charge in [-0.25, -0.2) is 0 Å². The zero-order chi connectivity index (χ0) is 14.8. The van der Waals surface area contributed by atoms with Crippen LogP contribution in [0.25, 0.3) is 0 Å². The predicted molar refractivity (Wildman–Crippen MR) is 90.3 cm³/mol. The molecule has 3 rings (SSSR count). The molecule has 0 aliphatic heterocycles. The molecule has 0 bridgehead atoms. The van der Waals surface area contributed by atoms with Gasteiger partial charge in [0.05, 0.1) is 17.6 Å². The lowest BCUT2D eigenvalue weighted by atomic mass is 10.2. The Bertz CT molecular complexity index is 597. The topological polar surface area (TPSA) is 47.7 Å². The minimum Gasteiger partial charge on any atom is -0.307 e. The van der Waals surface area contributed by atoms with Crippen LogP contribution in [-0.4, -0.2) is 19.6 Å². The van der Waals surface area contributed by atoms with Crippen LogP contribution in [0.3, 0.4) is 0 Å². The normalized spacial score (nSPS) is 14.4. The van der Waals surface area contributed by atoms with E-state index < -0.39 is 0 Å². The summed E-state index contributed by atoms with van der Waals surface area (Å²) in [6, 6.07) is 2.69. The molecule has 0 unspecified atom stereocenters. The second-order valence-electron chi connectivity index (χ2n) is 6.18. The van der Waals surface area contributed by atoms with Crippen molar-refractivity contribution in [3.63, 3.8) is 0 Å². The molecule has 0 saturated heterocycles. The van der Waals surface area contributed by atoms with Crippen molar-refractivity contribution in [3.05, 3.63) is 35.4 Å². The number of hydrogen-bond acceptors (Lipinski definition) is 3. The quantitative estimate of drug-likeness (QED) is 0.850. The Morgan fingerprint density at radius 2 is 2.09 bits per heavy atom. The summed E-state index contributed by atoms with van der Waals surface area (Å²) in [7, 11) is 0. The van der Waals surface area contributed by atoms with Crippen LogP contribution in [0.5, 0.6) is 0 Å². The Morgan fingerprint density at radius 1 is 1.32 bits per heavy atom. The average molecular weight is 324 g/mol. The number of aryl methyl sites for hydroxylation is 1. The first-order valence-electron chi connectivity index (χ1n) is 7.97. The van der Waals surface area contributed by atoms with Gasteiger partial charge in [0, 0.05) is 43.4 Å². The lowest BCUT2D eigenvalue weighted by Gasteiger charge is -2.11. The fraction of sp³-hybridized carbons (Fsp3) is 0.625. The van der Waals surface area contributed by atoms with Crippen molar-refractivity contribution in [2.75, 3.05) is 0 Å². The van der Waals surface area contributed by atoms with E-state index in [1.807, 2.05) is 10.9 Å². The van der Waals surface area contributed by atoms with Crippen molar-refractivity contribution in [3.8, 4) is 0 Å². The van der Waals surface area contributed by atoms with Crippen LogP contribution in [0.15, 0.2) is 18.5 Å². The lowest BCUT2D eigenvalue weighted by molar-refractivity contribution is 0.491. The van der Waals surface area contributed by atoms with Gasteiger partial charge in [0.2, 0.25) is 0 Å². The van der Waals surface area contributed by atoms with Crippen LogP contribution in [0.4, 0.5) is 0 Å². The van der Waals surface area contributed by atoms with Gasteiger partial charge in [0.1, 0.15) is 0 Å². The van der Waals surface area contributed by atoms with Crippen LogP contribution in [0, 0.1) is 0 Å². The third-order valence-electron chi connectivity index (χ3n) is 3.96. The molecule has 0 atom stereocenters. The third-order valence-corrected chi connectivity index (χ3v) is 3.96. The Labute approximate surface area is 138 Å². The smallest absolute Gasteiger partial charge is 0.0659 e. The second kappa shape index (κ2) is 7.29. The lowest BCUT2D eigenvalue weighted by Crippen LogP contribution is -2.17. The van der Waals surface area contributed by atoms with Crippen LogP contribution < -0.4 is 5.32 Å². The predicted octanol–water partition coefficient (Wildman–Crippen LogP) is 3.27. The van der Waals surface area contributed by atoms with Gasteiger partial charge in [0.25, 0.3) is 0 Å². The first-order valence-corrected chi connectivity index (χ1v) is 7.97. The minimum atomic E-state index is 0. The molecule has 1 aliphatic carbocycles. The van der Waals surface area contributed by atoms with E-state index >= 15 is 0 Å². The summed E-state index contributed by atoms with van der Waals surface area (Å²) in [4.78, 5) is 0. The number of halogens is 1. The SMILES string of the molecule is CCn1cc(CNCc2cc(C3CC3)nn2C(C)C)cn1.Cl. The molecule has 2 heterocycles. The summed E-state index contributed by atoms with van der Waals surface area (Å²) in [6.07, 6.45) is 6.64. The highest BCUT2D eigenvalue weighted by atomic mass is 35.5. The molecule has 0 radical (unpaired) electrons. The molecule has 2 aromatic rings. The number of nitrogens with zero attached hydrogens (tertiary/aromatic N) is 4. The molecule has 0 spiro atoms. The van der Waals surface area contributed by atoms with Crippen LogP contribution >= 0.6 is 12.4 Å². The first-order chi connectivity index (χ1) is 10.2. The fourth-order valence-electron chi connectivity index (χ4n) is 2.62. The summed E-state index contributed by atoms with van der Waals surface area (Å²) >= 11 is 0. The standard InChI is InChI=1S/C16H25N5.ClH/c1-4-20-11-13(9-18-20)8-17-10-15-7-16(14-5-6-14)19-21(15)12(2)3;/h7,9,11-12,14,17H,4-6,8,10H2,1-3H3;1H. The summed E-state index contributed by atoms with van der Waals surface area (Å²) in [5, 5.41) is 12.6. The largest absolute Gasteiger partial charge is 0.307 e. The molecular formula is C16H26ClN5. The molecule has 5 nitrogen and oxygen atoms in total. The van der Waals surface area contributed by atoms with Gasteiger partial charge < -0.3 is 5.32 Å². The van der Waals surface area contributed by atoms with Gasteiger partial charge in [-0.15, -0.1) is 12.4 Å². The minimum absolute atomic E-state index is 0. The van der Waals surface area contributed by atoms with E-state index in [0.29, 0.717) is 12.0 Å². The van der Waals surface area contributed by atoms with Gasteiger partial charge in [-0.2, -0.15) is 10.2 Å². The zero-order valence-corrected chi connectivity index (χ0v) is 14.4. The maximum Gasteiger partial charge on any atom is 0.0659 e. The van der Waals surface area contributed by atoms with Gasteiger partial charge in [-0.3, -0.25) is 9.36 Å². The Morgan fingerprint density at radius 3 is 2.68 bits per heavy atom. The maximum absolute atomic E-state index is 4.77. The monoisotopic (exact) mass is 323 g/mol. The number of aromatic nitrogens is 4. The van der Waals surface area contributed by atoms with Crippen LogP contribution in [-0.2, 0) is 19.6 Å². The molecule has 1 saturated carbocycles. The molecule has 22 heavy (non-hydrogen) atoms. The van der Waals surface area contributed by atoms with Crippen molar-refractivity contribution in [2.24, 2.45) is 0 Å². The highest BCUT2D eigenvalue weighted by Gasteiger charge is 2.27. The van der Waals surface area contributed by atoms with Gasteiger partial charge in [0.15, 0.2) is 0 Å². The van der Waals surface area contributed by atoms with Gasteiger partial charge >= 0.3 is 0 Å². The Kier molecular flexibility index (Phi) is 5.64. The maximum atomic E-state index is 4.77. The molecule has 1 fully saturated rings. The van der Waals surface area contributed by atoms with Gasteiger partial charge in [-0.1, -0.05) is 0 Å². The Balaban J connectivity index is 0.00000176. The molecule has 6 heteroatoms. The average Bonchev–Trinajstić information content (AvgIpc) is 3.06. The number of nitrogens with one attached hydrogen (secondary N) is 1. The number of hydrogen-bond donors (Lipinski definition) is 1. The van der Waals surface area contributed by atoms with Gasteiger partial charge in [-0.05, 0) is 39.7 Å². The van der Waals surface area contributed by atoms with Crippen molar-refractivity contribution in [2.45, 2.75) is 65.2 Å². The van der Waals surface area contributed by atoms with E-state index in [-0.39, 0.29) is 12.4 Å². The second-order valence-corrected chi connectivity index (χ2v) is 6.18. The van der Waals surface area contributed by atoms with Crippen LogP contribution in [0.2, 0.25) is 0 Å². The van der Waals surface area contributed by atoms with Crippen molar-refractivity contribution in [1.82, 2.24) is 24.9 Å². The molecule has 1 aliphatic rings. The van der Waals surface area contributed by atoms with Crippen molar-refractivity contribution < 1.29 is 0 Å². The van der Waals surface area contributed by atoms with E-state index in [0.717, 1.165) is 19.6 Å². The van der Waals surface area contributed by atoms with Crippen molar-refractivity contribution >= 4 is 12.4 Å². The molecule has 122 valence electrons. The van der Waals surface area contributed by atoms with Crippen molar-refractivity contribution in [1.29, 1.82) is 0 Å². The highest BCUT2D eigenvalue weighted by Crippen LogP contribution is 2.39. The molecule has 0 amide bonds. The van der Waals surface area contributed by atoms with E-state index in [4.69, 9.17) is 5.10 Å². The van der Waals surface area contributed by atoms with Crippen LogP contribution in [0.1, 0.15) is 62.5 Å².